The number of amides is 1. The van der Waals surface area contributed by atoms with Gasteiger partial charge in [0.2, 0.25) is 0 Å². The lowest BCUT2D eigenvalue weighted by atomic mass is 10.1. The van der Waals surface area contributed by atoms with E-state index in [0.717, 1.165) is 78.0 Å². The second kappa shape index (κ2) is 8.73. The summed E-state index contributed by atoms with van der Waals surface area (Å²) in [4.78, 5) is 26.8. The molecule has 178 valence electrons. The van der Waals surface area contributed by atoms with E-state index < -0.39 is 0 Å². The Bertz CT molecular complexity index is 1340. The Morgan fingerprint density at radius 2 is 1.80 bits per heavy atom. The molecule has 0 radical (unpaired) electrons. The van der Waals surface area contributed by atoms with Gasteiger partial charge >= 0.3 is 0 Å². The molecular weight excluding hydrogens is 458 g/mol. The monoisotopic (exact) mass is 485 g/mol. The van der Waals surface area contributed by atoms with E-state index in [-0.39, 0.29) is 5.91 Å². The molecule has 3 N–H and O–H groups in total. The summed E-state index contributed by atoms with van der Waals surface area (Å²) in [5, 5.41) is 21.2. The molecule has 1 amide bonds. The van der Waals surface area contributed by atoms with Gasteiger partial charge in [-0.05, 0) is 54.8 Å². The standard InChI is InChI=1S/C26H27N7OS/c1-15(27)35-25(28)16-2-3-18-14-30-22(11-19(18)10-16)31-26(34)17-4-5-29-23(12-17)32-6-8-33(9-7-32)24-20-13-21(20)24/h2-5,10-12,14,20-21,24,27-28H,6-9,13H2,1H3,(H,30,31,34). The number of aromatic nitrogens is 2. The normalized spacial score (nSPS) is 23.0. The highest BCUT2D eigenvalue weighted by Gasteiger charge is 2.66. The highest BCUT2D eigenvalue weighted by Crippen LogP contribution is 2.65. The number of rotatable bonds is 5. The van der Waals surface area contributed by atoms with Gasteiger partial charge in [0.15, 0.2) is 0 Å². The summed E-state index contributed by atoms with van der Waals surface area (Å²) in [6.07, 6.45) is 4.85. The maximum Gasteiger partial charge on any atom is 0.257 e. The first-order valence-corrected chi connectivity index (χ1v) is 12.8. The summed E-state index contributed by atoms with van der Waals surface area (Å²) >= 11 is 1.12. The van der Waals surface area contributed by atoms with Crippen LogP contribution >= 0.6 is 11.8 Å². The van der Waals surface area contributed by atoms with Crippen LogP contribution in [0, 0.1) is 22.7 Å². The molecule has 3 aliphatic rings. The molecule has 35 heavy (non-hydrogen) atoms. The van der Waals surface area contributed by atoms with Gasteiger partial charge in [0.25, 0.3) is 5.91 Å². The first-order chi connectivity index (χ1) is 17.0. The minimum atomic E-state index is -0.226. The predicted octanol–water partition coefficient (Wildman–Crippen LogP) is 4.08. The van der Waals surface area contributed by atoms with Crippen LogP contribution < -0.4 is 10.2 Å². The molecule has 3 aromatic rings. The third-order valence-corrected chi connectivity index (χ3v) is 7.92. The molecule has 2 atom stereocenters. The Labute approximate surface area is 208 Å². The molecule has 9 heteroatoms. The number of anilines is 2. The number of piperazine rings is 1. The number of hydrogen-bond donors (Lipinski definition) is 3. The van der Waals surface area contributed by atoms with Crippen molar-refractivity contribution in [2.75, 3.05) is 36.4 Å². The molecule has 0 spiro atoms. The molecule has 2 aromatic heterocycles. The maximum atomic E-state index is 13.0. The lowest BCUT2D eigenvalue weighted by molar-refractivity contribution is 0.102. The molecule has 2 unspecified atom stereocenters. The number of nitrogens with zero attached hydrogens (tertiary/aromatic N) is 4. The Morgan fingerprint density at radius 1 is 1.00 bits per heavy atom. The minimum Gasteiger partial charge on any atom is -0.354 e. The van der Waals surface area contributed by atoms with Gasteiger partial charge in [-0.25, -0.2) is 9.97 Å². The summed E-state index contributed by atoms with van der Waals surface area (Å²) in [5.41, 5.74) is 1.28. The zero-order valence-corrected chi connectivity index (χ0v) is 20.3. The van der Waals surface area contributed by atoms with Crippen LogP contribution in [0.1, 0.15) is 29.3 Å². The smallest absolute Gasteiger partial charge is 0.257 e. The van der Waals surface area contributed by atoms with Crippen LogP contribution in [0.15, 0.2) is 48.8 Å². The van der Waals surface area contributed by atoms with E-state index in [1.54, 1.807) is 25.4 Å². The van der Waals surface area contributed by atoms with E-state index in [1.165, 1.54) is 6.42 Å². The van der Waals surface area contributed by atoms with Crippen molar-refractivity contribution in [1.82, 2.24) is 14.9 Å². The van der Waals surface area contributed by atoms with E-state index >= 15 is 0 Å². The van der Waals surface area contributed by atoms with Crippen molar-refractivity contribution >= 4 is 50.2 Å². The molecule has 3 heterocycles. The van der Waals surface area contributed by atoms with Crippen LogP contribution in [-0.4, -0.2) is 63.1 Å². The second-order valence-corrected chi connectivity index (χ2v) is 10.8. The van der Waals surface area contributed by atoms with Crippen molar-refractivity contribution in [3.8, 4) is 0 Å². The average Bonchev–Trinajstić information content (AvgIpc) is 3.77. The minimum absolute atomic E-state index is 0.226. The van der Waals surface area contributed by atoms with E-state index in [4.69, 9.17) is 10.8 Å². The number of benzene rings is 1. The highest BCUT2D eigenvalue weighted by atomic mass is 32.2. The number of carbonyl (C=O) groups is 1. The Hall–Kier alpha value is -3.30. The third-order valence-electron chi connectivity index (χ3n) is 7.18. The molecule has 2 saturated carbocycles. The van der Waals surface area contributed by atoms with Crippen molar-refractivity contribution in [2.24, 2.45) is 11.8 Å². The van der Waals surface area contributed by atoms with Crippen molar-refractivity contribution in [3.63, 3.8) is 0 Å². The third kappa shape index (κ3) is 4.53. The summed E-state index contributed by atoms with van der Waals surface area (Å²) in [7, 11) is 0. The molecule has 6 rings (SSSR count). The van der Waals surface area contributed by atoms with Crippen molar-refractivity contribution in [2.45, 2.75) is 19.4 Å². The first kappa shape index (κ1) is 22.2. The van der Waals surface area contributed by atoms with Gasteiger partial charge in [0, 0.05) is 61.1 Å². The molecule has 0 bridgehead atoms. The molecule has 3 fully saturated rings. The number of fused-ring (bicyclic) bond motifs is 2. The molecule has 1 aliphatic heterocycles. The number of thioether (sulfide) groups is 1. The predicted molar refractivity (Wildman–Crippen MR) is 141 cm³/mol. The largest absolute Gasteiger partial charge is 0.354 e. The summed E-state index contributed by atoms with van der Waals surface area (Å²) in [6.45, 7) is 5.67. The molecule has 2 aliphatic carbocycles. The van der Waals surface area contributed by atoms with Crippen LogP contribution in [-0.2, 0) is 0 Å². The van der Waals surface area contributed by atoms with Gasteiger partial charge < -0.3 is 10.2 Å². The summed E-state index contributed by atoms with van der Waals surface area (Å²) < 4.78 is 0. The summed E-state index contributed by atoms with van der Waals surface area (Å²) in [6, 6.07) is 11.9. The van der Waals surface area contributed by atoms with Crippen molar-refractivity contribution < 1.29 is 4.79 Å². The molecule has 1 aromatic carbocycles. The van der Waals surface area contributed by atoms with Crippen LogP contribution in [0.3, 0.4) is 0 Å². The fourth-order valence-electron chi connectivity index (χ4n) is 5.02. The van der Waals surface area contributed by atoms with Crippen LogP contribution in [0.2, 0.25) is 0 Å². The number of carbonyl (C=O) groups excluding carboxylic acids is 1. The van der Waals surface area contributed by atoms with Crippen molar-refractivity contribution in [3.05, 3.63) is 59.9 Å². The fourth-order valence-corrected chi connectivity index (χ4v) is 5.57. The van der Waals surface area contributed by atoms with Crippen molar-refractivity contribution in [1.29, 1.82) is 10.8 Å². The Kier molecular flexibility index (Phi) is 5.53. The van der Waals surface area contributed by atoms with Gasteiger partial charge in [0.1, 0.15) is 16.7 Å². The van der Waals surface area contributed by atoms with E-state index in [9.17, 15) is 4.79 Å². The van der Waals surface area contributed by atoms with Crippen LogP contribution in [0.4, 0.5) is 11.6 Å². The van der Waals surface area contributed by atoms with Gasteiger partial charge in [-0.3, -0.25) is 20.5 Å². The van der Waals surface area contributed by atoms with Gasteiger partial charge in [-0.15, -0.1) is 0 Å². The van der Waals surface area contributed by atoms with Gasteiger partial charge in [-0.1, -0.05) is 23.9 Å². The maximum absolute atomic E-state index is 13.0. The lowest BCUT2D eigenvalue weighted by Crippen LogP contribution is -2.48. The molecule has 8 nitrogen and oxygen atoms in total. The highest BCUT2D eigenvalue weighted by molar-refractivity contribution is 8.26. The van der Waals surface area contributed by atoms with E-state index in [2.05, 4.69) is 25.1 Å². The second-order valence-electron chi connectivity index (χ2n) is 9.55. The average molecular weight is 486 g/mol. The fraction of sp³-hybridized carbons (Fsp3) is 0.346. The van der Waals surface area contributed by atoms with Gasteiger partial charge in [0.05, 0.1) is 5.04 Å². The quantitative estimate of drug-likeness (QED) is 0.371. The lowest BCUT2D eigenvalue weighted by Gasteiger charge is -2.36. The summed E-state index contributed by atoms with van der Waals surface area (Å²) in [5.74, 6) is 3.04. The molecule has 1 saturated heterocycles. The number of hydrogen-bond acceptors (Lipinski definition) is 8. The SMILES string of the molecule is CC(=N)SC(=N)c1ccc2cnc(NC(=O)c3ccnc(N4CCN(C5C6CC65)CC4)c3)cc2c1. The topological polar surface area (TPSA) is 109 Å². The first-order valence-electron chi connectivity index (χ1n) is 11.9. The van der Waals surface area contributed by atoms with Crippen LogP contribution in [0.25, 0.3) is 10.8 Å². The zero-order valence-electron chi connectivity index (χ0n) is 19.5. The Morgan fingerprint density at radius 3 is 2.51 bits per heavy atom. The molecular formula is C26H27N7OS. The zero-order chi connectivity index (χ0) is 24.1. The number of nitrogens with one attached hydrogen (secondary N) is 3. The van der Waals surface area contributed by atoms with Gasteiger partial charge in [-0.2, -0.15) is 0 Å². The van der Waals surface area contributed by atoms with Crippen LogP contribution in [0.5, 0.6) is 0 Å². The number of pyridine rings is 2. The Balaban J connectivity index is 1.13. The van der Waals surface area contributed by atoms with E-state index in [1.807, 2.05) is 30.3 Å². The van der Waals surface area contributed by atoms with E-state index in [0.29, 0.717) is 21.5 Å².